The summed E-state index contributed by atoms with van der Waals surface area (Å²) >= 11 is 0. The first kappa shape index (κ1) is 24.4. The summed E-state index contributed by atoms with van der Waals surface area (Å²) in [5, 5.41) is 7.72. The van der Waals surface area contributed by atoms with Crippen LogP contribution in [0.25, 0.3) is 0 Å². The first-order chi connectivity index (χ1) is 14.7. The Morgan fingerprint density at radius 1 is 1.06 bits per heavy atom. The lowest BCUT2D eigenvalue weighted by atomic mass is 10.1. The van der Waals surface area contributed by atoms with Crippen molar-refractivity contribution in [3.05, 3.63) is 41.2 Å². The van der Waals surface area contributed by atoms with E-state index in [0.717, 1.165) is 12.8 Å². The zero-order valence-electron chi connectivity index (χ0n) is 16.9. The van der Waals surface area contributed by atoms with Crippen molar-refractivity contribution in [1.29, 1.82) is 0 Å². The first-order valence-electron chi connectivity index (χ1n) is 10.0. The van der Waals surface area contributed by atoms with Gasteiger partial charge in [0.25, 0.3) is 11.8 Å². The molecule has 1 aliphatic rings. The molecule has 1 fully saturated rings. The quantitative estimate of drug-likeness (QED) is 0.112. The Morgan fingerprint density at radius 2 is 1.74 bits per heavy atom. The standard InChI is InChI=1S/C20H27F4N5O2/c21-11-3-1-2-4-16(17(29-25)19(31)28-15-9-10-15)27-14-7-5-13(6-8-14)18(30)26-12-20(22,23)24/h5-8,15,27,29H,1-4,9-12,25H2,(H,26,30)(H,28,31)/b17-16-. The van der Waals surface area contributed by atoms with Crippen LogP contribution in [0, 0.1) is 0 Å². The summed E-state index contributed by atoms with van der Waals surface area (Å²) in [4.78, 5) is 24.3. The van der Waals surface area contributed by atoms with Crippen molar-refractivity contribution < 1.29 is 27.2 Å². The maximum absolute atomic E-state index is 12.5. The number of hydrogen-bond donors (Lipinski definition) is 5. The fraction of sp³-hybridized carbons (Fsp3) is 0.500. The fourth-order valence-electron chi connectivity index (χ4n) is 2.76. The minimum atomic E-state index is -4.49. The smallest absolute Gasteiger partial charge is 0.357 e. The molecule has 6 N–H and O–H groups in total. The van der Waals surface area contributed by atoms with E-state index in [-0.39, 0.29) is 23.2 Å². The highest BCUT2D eigenvalue weighted by molar-refractivity contribution is 5.95. The van der Waals surface area contributed by atoms with E-state index in [4.69, 9.17) is 5.84 Å². The van der Waals surface area contributed by atoms with Crippen molar-refractivity contribution in [3.63, 3.8) is 0 Å². The molecule has 0 unspecified atom stereocenters. The van der Waals surface area contributed by atoms with Crippen LogP contribution in [0.3, 0.4) is 0 Å². The maximum Gasteiger partial charge on any atom is 0.405 e. The van der Waals surface area contributed by atoms with Gasteiger partial charge < -0.3 is 21.4 Å². The zero-order chi connectivity index (χ0) is 22.9. The molecule has 2 amide bonds. The van der Waals surface area contributed by atoms with E-state index in [0.29, 0.717) is 37.1 Å². The van der Waals surface area contributed by atoms with Gasteiger partial charge in [0, 0.05) is 23.0 Å². The number of alkyl halides is 4. The summed E-state index contributed by atoms with van der Waals surface area (Å²) in [5.74, 6) is 4.37. The third kappa shape index (κ3) is 8.83. The van der Waals surface area contributed by atoms with Gasteiger partial charge in [-0.3, -0.25) is 19.8 Å². The predicted octanol–water partition coefficient (Wildman–Crippen LogP) is 2.87. The van der Waals surface area contributed by atoms with E-state index in [1.165, 1.54) is 24.3 Å². The van der Waals surface area contributed by atoms with Crippen LogP contribution in [-0.2, 0) is 4.79 Å². The molecule has 1 aliphatic carbocycles. The SMILES string of the molecule is NN/C(C(=O)NC1CC1)=C(/CCCCCF)Nc1ccc(C(=O)NCC(F)(F)F)cc1. The van der Waals surface area contributed by atoms with Crippen LogP contribution in [0.1, 0.15) is 48.9 Å². The van der Waals surface area contributed by atoms with Crippen LogP contribution in [0.4, 0.5) is 23.2 Å². The highest BCUT2D eigenvalue weighted by atomic mass is 19.4. The monoisotopic (exact) mass is 445 g/mol. The normalized spacial score (nSPS) is 14.5. The van der Waals surface area contributed by atoms with E-state index >= 15 is 0 Å². The molecule has 0 heterocycles. The highest BCUT2D eigenvalue weighted by Gasteiger charge is 2.28. The lowest BCUT2D eigenvalue weighted by Gasteiger charge is -2.17. The molecule has 1 aromatic carbocycles. The molecule has 0 saturated heterocycles. The van der Waals surface area contributed by atoms with Gasteiger partial charge in [0.05, 0.1) is 6.67 Å². The molecule has 0 bridgehead atoms. The average molecular weight is 445 g/mol. The number of amides is 2. The van der Waals surface area contributed by atoms with Crippen molar-refractivity contribution in [3.8, 4) is 0 Å². The van der Waals surface area contributed by atoms with E-state index < -0.39 is 25.3 Å². The minimum absolute atomic E-state index is 0.0620. The number of allylic oxidation sites excluding steroid dienone is 1. The lowest BCUT2D eigenvalue weighted by molar-refractivity contribution is -0.123. The van der Waals surface area contributed by atoms with Crippen molar-refractivity contribution >= 4 is 17.5 Å². The molecule has 0 radical (unpaired) electrons. The number of carbonyl (C=O) groups is 2. The number of hydrogen-bond acceptors (Lipinski definition) is 5. The molecule has 2 rings (SSSR count). The molecule has 1 aromatic rings. The number of hydrazine groups is 1. The van der Waals surface area contributed by atoms with Gasteiger partial charge in [-0.2, -0.15) is 13.2 Å². The topological polar surface area (TPSA) is 108 Å². The van der Waals surface area contributed by atoms with E-state index in [9.17, 15) is 27.2 Å². The molecule has 11 heteroatoms. The average Bonchev–Trinajstić information content (AvgIpc) is 3.53. The van der Waals surface area contributed by atoms with Gasteiger partial charge >= 0.3 is 6.18 Å². The van der Waals surface area contributed by atoms with Gasteiger partial charge in [-0.15, -0.1) is 0 Å². The Morgan fingerprint density at radius 3 is 2.29 bits per heavy atom. The van der Waals surface area contributed by atoms with Crippen molar-refractivity contribution in [2.75, 3.05) is 18.5 Å². The van der Waals surface area contributed by atoms with Gasteiger partial charge in [-0.25, -0.2) is 0 Å². The van der Waals surface area contributed by atoms with Crippen LogP contribution in [0.2, 0.25) is 0 Å². The van der Waals surface area contributed by atoms with Crippen LogP contribution in [-0.4, -0.2) is 37.3 Å². The largest absolute Gasteiger partial charge is 0.405 e. The second kappa shape index (κ2) is 11.5. The maximum atomic E-state index is 12.5. The molecule has 31 heavy (non-hydrogen) atoms. The summed E-state index contributed by atoms with van der Waals surface area (Å²) in [5.41, 5.74) is 3.64. The van der Waals surface area contributed by atoms with Crippen molar-refractivity contribution in [1.82, 2.24) is 16.1 Å². The molecule has 0 atom stereocenters. The van der Waals surface area contributed by atoms with Crippen LogP contribution < -0.4 is 27.2 Å². The number of unbranched alkanes of at least 4 members (excludes halogenated alkanes) is 2. The Labute approximate surface area is 177 Å². The summed E-state index contributed by atoms with van der Waals surface area (Å²) < 4.78 is 49.1. The number of benzene rings is 1. The first-order valence-corrected chi connectivity index (χ1v) is 10.0. The molecule has 172 valence electrons. The second-order valence-corrected chi connectivity index (χ2v) is 7.25. The Bertz CT molecular complexity index is 777. The molecule has 7 nitrogen and oxygen atoms in total. The second-order valence-electron chi connectivity index (χ2n) is 7.25. The zero-order valence-corrected chi connectivity index (χ0v) is 16.9. The van der Waals surface area contributed by atoms with Gasteiger partial charge in [0.1, 0.15) is 12.2 Å². The molecular formula is C20H27F4N5O2. The number of anilines is 1. The summed E-state index contributed by atoms with van der Waals surface area (Å²) in [6, 6.07) is 5.88. The van der Waals surface area contributed by atoms with Crippen LogP contribution >= 0.6 is 0 Å². The molecule has 0 spiro atoms. The predicted molar refractivity (Wildman–Crippen MR) is 108 cm³/mol. The van der Waals surface area contributed by atoms with Crippen molar-refractivity contribution in [2.24, 2.45) is 5.84 Å². The van der Waals surface area contributed by atoms with Gasteiger partial charge in [0.15, 0.2) is 0 Å². The Hall–Kier alpha value is -2.82. The number of rotatable bonds is 12. The van der Waals surface area contributed by atoms with E-state index in [2.05, 4.69) is 16.1 Å². The van der Waals surface area contributed by atoms with Gasteiger partial charge in [-0.05, 0) is 56.4 Å². The Balaban J connectivity index is 2.10. The number of halogens is 4. The molecule has 0 aromatic heterocycles. The third-order valence-corrected chi connectivity index (χ3v) is 4.54. The summed E-state index contributed by atoms with van der Waals surface area (Å²) in [6.45, 7) is -1.84. The third-order valence-electron chi connectivity index (χ3n) is 4.54. The molecular weight excluding hydrogens is 418 g/mol. The highest BCUT2D eigenvalue weighted by Crippen LogP contribution is 2.21. The van der Waals surface area contributed by atoms with Crippen LogP contribution in [0.15, 0.2) is 35.7 Å². The van der Waals surface area contributed by atoms with Crippen LogP contribution in [0.5, 0.6) is 0 Å². The Kier molecular flexibility index (Phi) is 9.10. The summed E-state index contributed by atoms with van der Waals surface area (Å²) in [6.07, 6.45) is -0.610. The number of carbonyl (C=O) groups excluding carboxylic acids is 2. The molecule has 0 aliphatic heterocycles. The lowest BCUT2D eigenvalue weighted by Crippen LogP contribution is -2.38. The number of nitrogens with two attached hydrogens (primary N) is 1. The van der Waals surface area contributed by atoms with Gasteiger partial charge in [-0.1, -0.05) is 6.42 Å². The fourth-order valence-corrected chi connectivity index (χ4v) is 2.76. The summed E-state index contributed by atoms with van der Waals surface area (Å²) in [7, 11) is 0. The van der Waals surface area contributed by atoms with Crippen molar-refractivity contribution in [2.45, 2.75) is 50.7 Å². The van der Waals surface area contributed by atoms with Gasteiger partial charge in [0.2, 0.25) is 0 Å². The van der Waals surface area contributed by atoms with E-state index in [1.54, 1.807) is 5.32 Å². The minimum Gasteiger partial charge on any atom is -0.357 e. The number of nitrogens with one attached hydrogen (secondary N) is 4. The van der Waals surface area contributed by atoms with E-state index in [1.807, 2.05) is 0 Å². The molecule has 1 saturated carbocycles.